The van der Waals surface area contributed by atoms with Crippen LogP contribution >= 0.6 is 0 Å². The fourth-order valence-electron chi connectivity index (χ4n) is 0.614. The summed E-state index contributed by atoms with van der Waals surface area (Å²) in [6.07, 6.45) is 3.91. The second-order valence-electron chi connectivity index (χ2n) is 2.85. The van der Waals surface area contributed by atoms with Crippen molar-refractivity contribution in [3.05, 3.63) is 37.0 Å². The minimum Gasteiger partial charge on any atom is -0.458 e. The lowest BCUT2D eigenvalue weighted by atomic mass is 10.4. The number of hydrogen-bond donors (Lipinski definition) is 1. The van der Waals surface area contributed by atoms with E-state index in [0.29, 0.717) is 5.57 Å². The van der Waals surface area contributed by atoms with Gasteiger partial charge in [-0.2, -0.15) is 0 Å². The van der Waals surface area contributed by atoms with Crippen molar-refractivity contribution in [2.24, 2.45) is 0 Å². The lowest BCUT2D eigenvalue weighted by molar-refractivity contribution is -0.137. The van der Waals surface area contributed by atoms with E-state index in [2.05, 4.69) is 17.9 Å². The number of carbonyl (C=O) groups excluding carboxylic acids is 3. The first-order valence-corrected chi connectivity index (χ1v) is 4.44. The average molecular weight is 223 g/mol. The molecule has 0 unspecified atom stereocenters. The number of nitrogens with one attached hydrogen (secondary N) is 1. The molecule has 1 aliphatic rings. The Bertz CT molecular complexity index is 339. The van der Waals surface area contributed by atoms with Gasteiger partial charge >= 0.3 is 5.97 Å². The van der Waals surface area contributed by atoms with Crippen molar-refractivity contribution in [1.82, 2.24) is 5.32 Å². The zero-order valence-electron chi connectivity index (χ0n) is 8.99. The zero-order chi connectivity index (χ0) is 12.6. The molecule has 1 N–H and O–H groups in total. The Morgan fingerprint density at radius 3 is 2.19 bits per heavy atom. The monoisotopic (exact) mass is 223 g/mol. The summed E-state index contributed by atoms with van der Waals surface area (Å²) in [4.78, 5) is 30.6. The molecular formula is C11H13NO4. The molecule has 1 heterocycles. The third-order valence-electron chi connectivity index (χ3n) is 1.31. The number of carbonyl (C=O) groups is 3. The van der Waals surface area contributed by atoms with Gasteiger partial charge in [-0.3, -0.25) is 14.9 Å². The Kier molecular flexibility index (Phi) is 6.19. The third-order valence-corrected chi connectivity index (χ3v) is 1.31. The zero-order valence-corrected chi connectivity index (χ0v) is 8.99. The lowest BCUT2D eigenvalue weighted by Crippen LogP contribution is -2.19. The molecular weight excluding hydrogens is 210 g/mol. The van der Waals surface area contributed by atoms with Crippen molar-refractivity contribution in [1.29, 1.82) is 0 Å². The molecule has 0 saturated heterocycles. The lowest BCUT2D eigenvalue weighted by Gasteiger charge is -1.97. The molecule has 86 valence electrons. The molecule has 0 aromatic heterocycles. The molecule has 5 nitrogen and oxygen atoms in total. The smallest absolute Gasteiger partial charge is 0.333 e. The summed E-state index contributed by atoms with van der Waals surface area (Å²) < 4.78 is 4.60. The largest absolute Gasteiger partial charge is 0.458 e. The van der Waals surface area contributed by atoms with Crippen LogP contribution < -0.4 is 5.32 Å². The van der Waals surface area contributed by atoms with Crippen LogP contribution in [0.4, 0.5) is 0 Å². The summed E-state index contributed by atoms with van der Waals surface area (Å²) in [6.45, 7) is 8.64. The number of hydrogen-bond acceptors (Lipinski definition) is 4. The van der Waals surface area contributed by atoms with Gasteiger partial charge in [0, 0.05) is 17.7 Å². The number of ether oxygens (including phenoxy) is 1. The van der Waals surface area contributed by atoms with Gasteiger partial charge in [0.2, 0.25) is 0 Å². The van der Waals surface area contributed by atoms with Crippen molar-refractivity contribution in [3.8, 4) is 0 Å². The number of rotatable bonds is 3. The molecule has 16 heavy (non-hydrogen) atoms. The van der Waals surface area contributed by atoms with Crippen molar-refractivity contribution in [3.63, 3.8) is 0 Å². The molecule has 1 aliphatic heterocycles. The van der Waals surface area contributed by atoms with E-state index in [1.54, 1.807) is 6.92 Å². The predicted octanol–water partition coefficient (Wildman–Crippen LogP) is 0.491. The highest BCUT2D eigenvalue weighted by Crippen LogP contribution is 1.90. The van der Waals surface area contributed by atoms with E-state index in [4.69, 9.17) is 0 Å². The van der Waals surface area contributed by atoms with Crippen LogP contribution in [0, 0.1) is 0 Å². The summed E-state index contributed by atoms with van der Waals surface area (Å²) in [5, 5.41) is 2.03. The highest BCUT2D eigenvalue weighted by molar-refractivity contribution is 6.12. The van der Waals surface area contributed by atoms with E-state index in [9.17, 15) is 14.4 Å². The minimum atomic E-state index is -0.366. The van der Waals surface area contributed by atoms with Crippen LogP contribution in [-0.4, -0.2) is 24.4 Å². The van der Waals surface area contributed by atoms with Gasteiger partial charge < -0.3 is 4.74 Å². The Morgan fingerprint density at radius 2 is 1.94 bits per heavy atom. The first-order chi connectivity index (χ1) is 7.47. The average Bonchev–Trinajstić information content (AvgIpc) is 2.59. The summed E-state index contributed by atoms with van der Waals surface area (Å²) in [7, 11) is 0. The highest BCUT2D eigenvalue weighted by Gasteiger charge is 2.06. The summed E-state index contributed by atoms with van der Waals surface area (Å²) in [6, 6.07) is 0. The van der Waals surface area contributed by atoms with Gasteiger partial charge in [-0.15, -0.1) is 0 Å². The number of amides is 2. The SMILES string of the molecule is C=CCOC(=O)C(=C)C.O=C1C=CC(=O)N1. The maximum Gasteiger partial charge on any atom is 0.333 e. The molecule has 1 rings (SSSR count). The van der Waals surface area contributed by atoms with Crippen molar-refractivity contribution >= 4 is 17.8 Å². The van der Waals surface area contributed by atoms with Crippen molar-refractivity contribution < 1.29 is 19.1 Å². The summed E-state index contributed by atoms with van der Waals surface area (Å²) in [5.41, 5.74) is 0.414. The van der Waals surface area contributed by atoms with Crippen LogP contribution in [0.15, 0.2) is 37.0 Å². The van der Waals surface area contributed by atoms with Crippen LogP contribution in [0.1, 0.15) is 6.92 Å². The highest BCUT2D eigenvalue weighted by atomic mass is 16.5. The Labute approximate surface area is 93.5 Å². The maximum absolute atomic E-state index is 10.5. The Hall–Kier alpha value is -2.17. The molecule has 0 saturated carbocycles. The van der Waals surface area contributed by atoms with Gasteiger partial charge in [-0.25, -0.2) is 4.79 Å². The Morgan fingerprint density at radius 1 is 1.44 bits per heavy atom. The van der Waals surface area contributed by atoms with E-state index < -0.39 is 0 Å². The topological polar surface area (TPSA) is 72.5 Å². The van der Waals surface area contributed by atoms with E-state index in [-0.39, 0.29) is 24.4 Å². The first-order valence-electron chi connectivity index (χ1n) is 4.44. The number of esters is 1. The van der Waals surface area contributed by atoms with E-state index in [0.717, 1.165) is 0 Å². The summed E-state index contributed by atoms with van der Waals surface area (Å²) >= 11 is 0. The third kappa shape index (κ3) is 6.31. The van der Waals surface area contributed by atoms with Crippen molar-refractivity contribution in [2.45, 2.75) is 6.92 Å². The molecule has 0 aromatic carbocycles. The Balaban J connectivity index is 0.000000288. The fraction of sp³-hybridized carbons (Fsp3) is 0.182. The van der Waals surface area contributed by atoms with Gasteiger partial charge in [-0.1, -0.05) is 19.2 Å². The van der Waals surface area contributed by atoms with Crippen molar-refractivity contribution in [2.75, 3.05) is 6.61 Å². The molecule has 0 radical (unpaired) electrons. The van der Waals surface area contributed by atoms with E-state index in [1.165, 1.54) is 18.2 Å². The van der Waals surface area contributed by atoms with Gasteiger partial charge in [0.25, 0.3) is 11.8 Å². The number of imide groups is 1. The fourth-order valence-corrected chi connectivity index (χ4v) is 0.614. The molecule has 2 amide bonds. The minimum absolute atomic E-state index is 0.256. The van der Waals surface area contributed by atoms with Gasteiger partial charge in [0.1, 0.15) is 6.61 Å². The van der Waals surface area contributed by atoms with E-state index in [1.807, 2.05) is 5.32 Å². The van der Waals surface area contributed by atoms with Gasteiger partial charge in [-0.05, 0) is 6.92 Å². The molecule has 5 heteroatoms. The van der Waals surface area contributed by atoms with E-state index >= 15 is 0 Å². The maximum atomic E-state index is 10.5. The molecule has 0 bridgehead atoms. The first kappa shape index (κ1) is 13.8. The molecule has 0 aromatic rings. The van der Waals surface area contributed by atoms with Crippen LogP contribution in [0.5, 0.6) is 0 Å². The quantitative estimate of drug-likeness (QED) is 0.327. The molecule has 0 fully saturated rings. The summed E-state index contributed by atoms with van der Waals surface area (Å²) in [5.74, 6) is -1.02. The van der Waals surface area contributed by atoms with Crippen LogP contribution in [0.3, 0.4) is 0 Å². The standard InChI is InChI=1S/C7H10O2.C4H3NO2/c1-4-5-9-7(8)6(2)3;6-3-1-2-4(7)5-3/h4H,1-2,5H2,3H3;1-2H,(H,5,6,7). The molecule has 0 spiro atoms. The van der Waals surface area contributed by atoms with Gasteiger partial charge in [0.05, 0.1) is 0 Å². The predicted molar refractivity (Wildman–Crippen MR) is 58.3 cm³/mol. The van der Waals surface area contributed by atoms with Crippen LogP contribution in [0.2, 0.25) is 0 Å². The van der Waals surface area contributed by atoms with Crippen LogP contribution in [0.25, 0.3) is 0 Å². The molecule has 0 atom stereocenters. The van der Waals surface area contributed by atoms with Crippen LogP contribution in [-0.2, 0) is 19.1 Å². The second-order valence-corrected chi connectivity index (χ2v) is 2.85. The molecule has 0 aliphatic carbocycles. The second kappa shape index (κ2) is 7.17. The normalized spacial score (nSPS) is 12.3. The van der Waals surface area contributed by atoms with Gasteiger partial charge in [0.15, 0.2) is 0 Å².